The number of hydrogen-bond acceptors (Lipinski definition) is 2. The average molecular weight is 164 g/mol. The zero-order chi connectivity index (χ0) is 8.55. The number of hydrogen-bond donors (Lipinski definition) is 2. The van der Waals surface area contributed by atoms with Gasteiger partial charge in [-0.1, -0.05) is 6.07 Å². The van der Waals surface area contributed by atoms with Crippen molar-refractivity contribution in [1.82, 2.24) is 4.98 Å². The van der Waals surface area contributed by atoms with Crippen LogP contribution in [0.4, 0.5) is 0 Å². The van der Waals surface area contributed by atoms with Crippen molar-refractivity contribution < 1.29 is 0 Å². The van der Waals surface area contributed by atoms with Crippen molar-refractivity contribution in [3.8, 4) is 0 Å². The number of nitrogens with two attached hydrogens (primary N) is 1. The van der Waals surface area contributed by atoms with Crippen molar-refractivity contribution in [3.05, 3.63) is 33.7 Å². The molecule has 0 bridgehead atoms. The summed E-state index contributed by atoms with van der Waals surface area (Å²) >= 11 is 0. The molecule has 0 amide bonds. The van der Waals surface area contributed by atoms with E-state index in [4.69, 9.17) is 5.73 Å². The Hall–Kier alpha value is -1.09. The molecule has 0 spiro atoms. The summed E-state index contributed by atoms with van der Waals surface area (Å²) in [7, 11) is 0. The van der Waals surface area contributed by atoms with E-state index in [1.54, 1.807) is 6.07 Å². The number of aromatic amines is 1. The molecule has 64 valence electrons. The fourth-order valence-corrected chi connectivity index (χ4v) is 1.73. The van der Waals surface area contributed by atoms with E-state index in [0.29, 0.717) is 0 Å². The van der Waals surface area contributed by atoms with Crippen LogP contribution in [0.3, 0.4) is 0 Å². The van der Waals surface area contributed by atoms with Gasteiger partial charge in [-0.05, 0) is 24.8 Å². The Labute approximate surface area is 70.6 Å². The number of fused-ring (bicyclic) bond motifs is 1. The number of aromatic nitrogens is 1. The summed E-state index contributed by atoms with van der Waals surface area (Å²) in [6.45, 7) is 0. The molecular weight excluding hydrogens is 152 g/mol. The first-order chi connectivity index (χ1) is 5.77. The summed E-state index contributed by atoms with van der Waals surface area (Å²) in [5.41, 5.74) is 7.94. The lowest BCUT2D eigenvalue weighted by Crippen LogP contribution is -2.22. The van der Waals surface area contributed by atoms with Crippen LogP contribution in [-0.4, -0.2) is 4.98 Å². The number of aryl methyl sites for hydroxylation is 1. The zero-order valence-corrected chi connectivity index (χ0v) is 6.84. The molecular formula is C9H12N2O. The van der Waals surface area contributed by atoms with Gasteiger partial charge in [0, 0.05) is 17.8 Å². The molecule has 1 atom stereocenters. The Morgan fingerprint density at radius 1 is 1.50 bits per heavy atom. The molecule has 0 radical (unpaired) electrons. The lowest BCUT2D eigenvalue weighted by atomic mass is 9.93. The van der Waals surface area contributed by atoms with Crippen LogP contribution in [0, 0.1) is 0 Å². The van der Waals surface area contributed by atoms with E-state index in [1.165, 1.54) is 5.56 Å². The van der Waals surface area contributed by atoms with Crippen molar-refractivity contribution in [2.45, 2.75) is 25.3 Å². The summed E-state index contributed by atoms with van der Waals surface area (Å²) in [6.07, 6.45) is 3.15. The molecule has 1 heterocycles. The highest BCUT2D eigenvalue weighted by Gasteiger charge is 2.16. The Morgan fingerprint density at radius 2 is 2.33 bits per heavy atom. The smallest absolute Gasteiger partial charge is 0.248 e. The van der Waals surface area contributed by atoms with Gasteiger partial charge < -0.3 is 10.7 Å². The first-order valence-electron chi connectivity index (χ1n) is 4.25. The SMILES string of the molecule is NC1CCCc2ccc(=O)[nH]c21. The third kappa shape index (κ3) is 1.16. The number of rotatable bonds is 0. The van der Waals surface area contributed by atoms with Crippen LogP contribution >= 0.6 is 0 Å². The van der Waals surface area contributed by atoms with Gasteiger partial charge in [0.05, 0.1) is 0 Å². The molecule has 0 saturated heterocycles. The molecule has 2 rings (SSSR count). The van der Waals surface area contributed by atoms with Crippen molar-refractivity contribution in [2.24, 2.45) is 5.73 Å². The maximum Gasteiger partial charge on any atom is 0.248 e. The maximum absolute atomic E-state index is 11.0. The van der Waals surface area contributed by atoms with Crippen LogP contribution < -0.4 is 11.3 Å². The Balaban J connectivity index is 2.54. The minimum atomic E-state index is -0.0499. The van der Waals surface area contributed by atoms with Crippen molar-refractivity contribution >= 4 is 0 Å². The first kappa shape index (κ1) is 7.55. The number of pyridine rings is 1. The molecule has 1 aliphatic rings. The highest BCUT2D eigenvalue weighted by molar-refractivity contribution is 5.24. The lowest BCUT2D eigenvalue weighted by Gasteiger charge is -2.20. The standard InChI is InChI=1S/C9H12N2O/c10-7-3-1-2-6-4-5-8(12)11-9(6)7/h4-5,7H,1-3,10H2,(H,11,12). The van der Waals surface area contributed by atoms with Gasteiger partial charge in [0.1, 0.15) is 0 Å². The molecule has 0 aromatic carbocycles. The van der Waals surface area contributed by atoms with E-state index in [2.05, 4.69) is 4.98 Å². The Bertz CT molecular complexity index is 343. The van der Waals surface area contributed by atoms with Gasteiger partial charge in [-0.15, -0.1) is 0 Å². The topological polar surface area (TPSA) is 58.9 Å². The van der Waals surface area contributed by atoms with Gasteiger partial charge in [0.25, 0.3) is 0 Å². The fourth-order valence-electron chi connectivity index (χ4n) is 1.73. The van der Waals surface area contributed by atoms with E-state index in [0.717, 1.165) is 25.0 Å². The average Bonchev–Trinajstić information content (AvgIpc) is 2.07. The van der Waals surface area contributed by atoms with Crippen LogP contribution in [0.2, 0.25) is 0 Å². The highest BCUT2D eigenvalue weighted by Crippen LogP contribution is 2.24. The van der Waals surface area contributed by atoms with Crippen molar-refractivity contribution in [3.63, 3.8) is 0 Å². The largest absolute Gasteiger partial charge is 0.324 e. The molecule has 1 aromatic rings. The van der Waals surface area contributed by atoms with Gasteiger partial charge >= 0.3 is 0 Å². The minimum Gasteiger partial charge on any atom is -0.324 e. The van der Waals surface area contributed by atoms with Gasteiger partial charge in [-0.25, -0.2) is 0 Å². The molecule has 0 fully saturated rings. The maximum atomic E-state index is 11.0. The summed E-state index contributed by atoms with van der Waals surface area (Å²) in [5, 5.41) is 0. The molecule has 0 saturated carbocycles. The summed E-state index contributed by atoms with van der Waals surface area (Å²) < 4.78 is 0. The second-order valence-electron chi connectivity index (χ2n) is 3.26. The van der Waals surface area contributed by atoms with Gasteiger partial charge in [0.15, 0.2) is 0 Å². The van der Waals surface area contributed by atoms with E-state index < -0.39 is 0 Å². The molecule has 3 N–H and O–H groups in total. The van der Waals surface area contributed by atoms with E-state index in [-0.39, 0.29) is 11.6 Å². The lowest BCUT2D eigenvalue weighted by molar-refractivity contribution is 0.552. The summed E-state index contributed by atoms with van der Waals surface area (Å²) in [6, 6.07) is 3.48. The molecule has 12 heavy (non-hydrogen) atoms. The van der Waals surface area contributed by atoms with Crippen LogP contribution in [0.1, 0.15) is 30.1 Å². The summed E-state index contributed by atoms with van der Waals surface area (Å²) in [5.74, 6) is 0. The molecule has 1 aromatic heterocycles. The normalized spacial score (nSPS) is 21.9. The van der Waals surface area contributed by atoms with Gasteiger partial charge in [-0.3, -0.25) is 4.79 Å². The predicted molar refractivity (Wildman–Crippen MR) is 46.9 cm³/mol. The van der Waals surface area contributed by atoms with Crippen LogP contribution in [0.5, 0.6) is 0 Å². The van der Waals surface area contributed by atoms with Crippen LogP contribution in [0.15, 0.2) is 16.9 Å². The van der Waals surface area contributed by atoms with E-state index >= 15 is 0 Å². The van der Waals surface area contributed by atoms with Crippen molar-refractivity contribution in [2.75, 3.05) is 0 Å². The number of nitrogens with one attached hydrogen (secondary N) is 1. The summed E-state index contributed by atoms with van der Waals surface area (Å²) in [4.78, 5) is 13.8. The monoisotopic (exact) mass is 164 g/mol. The third-order valence-electron chi connectivity index (χ3n) is 2.37. The van der Waals surface area contributed by atoms with Gasteiger partial charge in [0.2, 0.25) is 5.56 Å². The fraction of sp³-hybridized carbons (Fsp3) is 0.444. The third-order valence-corrected chi connectivity index (χ3v) is 2.37. The Morgan fingerprint density at radius 3 is 3.17 bits per heavy atom. The molecule has 1 unspecified atom stereocenters. The molecule has 3 nitrogen and oxygen atoms in total. The highest BCUT2D eigenvalue weighted by atomic mass is 16.1. The molecule has 0 aliphatic heterocycles. The van der Waals surface area contributed by atoms with Crippen LogP contribution in [-0.2, 0) is 6.42 Å². The predicted octanol–water partition coefficient (Wildman–Crippen LogP) is 0.711. The van der Waals surface area contributed by atoms with E-state index in [1.807, 2.05) is 6.07 Å². The van der Waals surface area contributed by atoms with Crippen LogP contribution in [0.25, 0.3) is 0 Å². The second kappa shape index (κ2) is 2.75. The quantitative estimate of drug-likeness (QED) is 0.593. The van der Waals surface area contributed by atoms with Gasteiger partial charge in [-0.2, -0.15) is 0 Å². The number of H-pyrrole nitrogens is 1. The van der Waals surface area contributed by atoms with Crippen molar-refractivity contribution in [1.29, 1.82) is 0 Å². The zero-order valence-electron chi connectivity index (χ0n) is 6.84. The Kier molecular flexibility index (Phi) is 1.73. The van der Waals surface area contributed by atoms with E-state index in [9.17, 15) is 4.79 Å². The first-order valence-corrected chi connectivity index (χ1v) is 4.25. The second-order valence-corrected chi connectivity index (χ2v) is 3.26. The molecule has 3 heteroatoms. The minimum absolute atomic E-state index is 0.0302. The molecule has 1 aliphatic carbocycles.